The predicted octanol–water partition coefficient (Wildman–Crippen LogP) is 3.19. The zero-order valence-corrected chi connectivity index (χ0v) is 15.0. The van der Waals surface area contributed by atoms with Gasteiger partial charge in [-0.25, -0.2) is 0 Å². The lowest BCUT2D eigenvalue weighted by atomic mass is 9.85. The Bertz CT molecular complexity index is 579. The Hall–Kier alpha value is -1.55. The van der Waals surface area contributed by atoms with Crippen LogP contribution in [0.25, 0.3) is 0 Å². The van der Waals surface area contributed by atoms with Crippen molar-refractivity contribution in [3.05, 3.63) is 29.3 Å². The van der Waals surface area contributed by atoms with Crippen molar-refractivity contribution in [1.29, 1.82) is 0 Å². The van der Waals surface area contributed by atoms with E-state index in [1.54, 1.807) is 0 Å². The Morgan fingerprint density at radius 3 is 2.62 bits per heavy atom. The van der Waals surface area contributed by atoms with E-state index in [2.05, 4.69) is 32.0 Å². The molecular formula is C20H30N2O2. The minimum absolute atomic E-state index is 0.144. The van der Waals surface area contributed by atoms with Gasteiger partial charge in [0.25, 0.3) is 0 Å². The van der Waals surface area contributed by atoms with Gasteiger partial charge in [0.1, 0.15) is 11.9 Å². The summed E-state index contributed by atoms with van der Waals surface area (Å²) >= 11 is 0. The van der Waals surface area contributed by atoms with Gasteiger partial charge in [0.05, 0.1) is 0 Å². The fourth-order valence-corrected chi connectivity index (χ4v) is 3.92. The van der Waals surface area contributed by atoms with E-state index in [1.807, 2.05) is 4.90 Å². The molecule has 4 heteroatoms. The van der Waals surface area contributed by atoms with Crippen molar-refractivity contribution in [2.45, 2.75) is 64.5 Å². The lowest BCUT2D eigenvalue weighted by molar-refractivity contribution is -0.138. The van der Waals surface area contributed by atoms with E-state index in [-0.39, 0.29) is 18.1 Å². The highest BCUT2D eigenvalue weighted by molar-refractivity contribution is 5.79. The van der Waals surface area contributed by atoms with E-state index in [4.69, 9.17) is 10.5 Å². The van der Waals surface area contributed by atoms with Crippen LogP contribution in [0.5, 0.6) is 5.75 Å². The first-order chi connectivity index (χ1) is 11.5. The molecule has 1 aromatic carbocycles. The van der Waals surface area contributed by atoms with Gasteiger partial charge in [-0.3, -0.25) is 4.79 Å². The highest BCUT2D eigenvalue weighted by Gasteiger charge is 2.31. The molecule has 0 radical (unpaired) electrons. The van der Waals surface area contributed by atoms with Gasteiger partial charge in [-0.2, -0.15) is 0 Å². The average Bonchev–Trinajstić information content (AvgIpc) is 2.58. The Morgan fingerprint density at radius 2 is 1.92 bits per heavy atom. The first-order valence-electron chi connectivity index (χ1n) is 9.31. The molecule has 24 heavy (non-hydrogen) atoms. The number of rotatable bonds is 3. The molecule has 2 N–H and O–H groups in total. The van der Waals surface area contributed by atoms with Crippen LogP contribution in [-0.4, -0.2) is 36.0 Å². The van der Waals surface area contributed by atoms with Gasteiger partial charge in [0, 0.05) is 37.9 Å². The Balaban J connectivity index is 1.52. The standard InChI is InChI=1S/C20H30N2O2/c1-14-6-7-15(2)19(12-14)24-18-8-10-22(11-9-18)20(23)16-4-3-5-17(21)13-16/h6-7,12,16-18H,3-5,8-11,13,21H2,1-2H3/t16-,17-/m1/s1. The third-order valence-corrected chi connectivity index (χ3v) is 5.45. The molecule has 1 aliphatic heterocycles. The summed E-state index contributed by atoms with van der Waals surface area (Å²) in [5.41, 5.74) is 8.43. The summed E-state index contributed by atoms with van der Waals surface area (Å²) in [7, 11) is 0. The van der Waals surface area contributed by atoms with Crippen LogP contribution in [0.3, 0.4) is 0 Å². The van der Waals surface area contributed by atoms with Gasteiger partial charge in [-0.15, -0.1) is 0 Å². The van der Waals surface area contributed by atoms with E-state index in [1.165, 1.54) is 11.1 Å². The van der Waals surface area contributed by atoms with Crippen LogP contribution in [0.15, 0.2) is 18.2 Å². The van der Waals surface area contributed by atoms with Crippen LogP contribution in [0.2, 0.25) is 0 Å². The maximum atomic E-state index is 12.7. The fourth-order valence-electron chi connectivity index (χ4n) is 3.92. The average molecular weight is 330 g/mol. The topological polar surface area (TPSA) is 55.6 Å². The summed E-state index contributed by atoms with van der Waals surface area (Å²) in [5.74, 6) is 1.44. The molecule has 1 heterocycles. The number of carbonyl (C=O) groups is 1. The number of nitrogens with two attached hydrogens (primary N) is 1. The molecule has 0 unspecified atom stereocenters. The van der Waals surface area contributed by atoms with Gasteiger partial charge in [0.15, 0.2) is 0 Å². The normalized spacial score (nSPS) is 25.5. The Labute approximate surface area is 145 Å². The molecule has 0 aromatic heterocycles. The number of piperidine rings is 1. The van der Waals surface area contributed by atoms with Crippen LogP contribution in [0, 0.1) is 19.8 Å². The predicted molar refractivity (Wildman–Crippen MR) is 96.1 cm³/mol. The van der Waals surface area contributed by atoms with E-state index in [0.717, 1.165) is 57.4 Å². The number of amides is 1. The molecule has 4 nitrogen and oxygen atoms in total. The largest absolute Gasteiger partial charge is 0.490 e. The fraction of sp³-hybridized carbons (Fsp3) is 0.650. The summed E-state index contributed by atoms with van der Waals surface area (Å²) in [6.07, 6.45) is 6.06. The first kappa shape index (κ1) is 17.3. The zero-order valence-electron chi connectivity index (χ0n) is 15.0. The van der Waals surface area contributed by atoms with Gasteiger partial charge in [-0.1, -0.05) is 18.6 Å². The molecule has 132 valence electrons. The summed E-state index contributed by atoms with van der Waals surface area (Å²) in [5, 5.41) is 0. The number of hydrogen-bond donors (Lipinski definition) is 1. The second-order valence-corrected chi connectivity index (χ2v) is 7.54. The van der Waals surface area contributed by atoms with Crippen molar-refractivity contribution in [3.8, 4) is 5.75 Å². The summed E-state index contributed by atoms with van der Waals surface area (Å²) in [6, 6.07) is 6.53. The van der Waals surface area contributed by atoms with Crippen molar-refractivity contribution < 1.29 is 9.53 Å². The maximum absolute atomic E-state index is 12.7. The minimum Gasteiger partial charge on any atom is -0.490 e. The van der Waals surface area contributed by atoms with Gasteiger partial charge in [-0.05, 0) is 50.3 Å². The molecule has 2 atom stereocenters. The SMILES string of the molecule is Cc1ccc(C)c(OC2CCN(C(=O)[C@@H]3CCC[C@@H](N)C3)CC2)c1. The van der Waals surface area contributed by atoms with E-state index < -0.39 is 0 Å². The Morgan fingerprint density at radius 1 is 1.17 bits per heavy atom. The van der Waals surface area contributed by atoms with E-state index in [9.17, 15) is 4.79 Å². The third kappa shape index (κ3) is 4.10. The first-order valence-corrected chi connectivity index (χ1v) is 9.31. The van der Waals surface area contributed by atoms with Crippen LogP contribution in [0.1, 0.15) is 49.7 Å². The summed E-state index contributed by atoms with van der Waals surface area (Å²) in [6.45, 7) is 5.78. The summed E-state index contributed by atoms with van der Waals surface area (Å²) in [4.78, 5) is 14.7. The van der Waals surface area contributed by atoms with Crippen molar-refractivity contribution in [2.75, 3.05) is 13.1 Å². The van der Waals surface area contributed by atoms with Crippen molar-refractivity contribution in [1.82, 2.24) is 4.90 Å². The molecule has 1 aromatic rings. The lowest BCUT2D eigenvalue weighted by Gasteiger charge is -2.36. The van der Waals surface area contributed by atoms with Crippen LogP contribution in [0.4, 0.5) is 0 Å². The second-order valence-electron chi connectivity index (χ2n) is 7.54. The van der Waals surface area contributed by atoms with Gasteiger partial charge >= 0.3 is 0 Å². The monoisotopic (exact) mass is 330 g/mol. The summed E-state index contributed by atoms with van der Waals surface area (Å²) < 4.78 is 6.20. The van der Waals surface area contributed by atoms with E-state index >= 15 is 0 Å². The molecule has 1 saturated heterocycles. The molecule has 2 aliphatic rings. The number of nitrogens with zero attached hydrogens (tertiary/aromatic N) is 1. The van der Waals surface area contributed by atoms with Crippen molar-refractivity contribution >= 4 is 5.91 Å². The molecule has 3 rings (SSSR count). The minimum atomic E-state index is 0.144. The number of hydrogen-bond acceptors (Lipinski definition) is 3. The number of likely N-dealkylation sites (tertiary alicyclic amines) is 1. The molecule has 1 amide bonds. The highest BCUT2D eigenvalue weighted by atomic mass is 16.5. The smallest absolute Gasteiger partial charge is 0.225 e. The number of ether oxygens (including phenoxy) is 1. The van der Waals surface area contributed by atoms with Crippen molar-refractivity contribution in [2.24, 2.45) is 11.7 Å². The number of aryl methyl sites for hydroxylation is 2. The molecule has 2 fully saturated rings. The molecule has 1 aliphatic carbocycles. The molecule has 1 saturated carbocycles. The third-order valence-electron chi connectivity index (χ3n) is 5.45. The molecular weight excluding hydrogens is 300 g/mol. The van der Waals surface area contributed by atoms with Crippen LogP contribution < -0.4 is 10.5 Å². The van der Waals surface area contributed by atoms with E-state index in [0.29, 0.717) is 5.91 Å². The maximum Gasteiger partial charge on any atom is 0.225 e. The number of benzene rings is 1. The van der Waals surface area contributed by atoms with Gasteiger partial charge in [0.2, 0.25) is 5.91 Å². The molecule has 0 bridgehead atoms. The highest BCUT2D eigenvalue weighted by Crippen LogP contribution is 2.28. The number of carbonyl (C=O) groups excluding carboxylic acids is 1. The zero-order chi connectivity index (χ0) is 17.1. The lowest BCUT2D eigenvalue weighted by Crippen LogP contribution is -2.46. The second kappa shape index (κ2) is 7.56. The quantitative estimate of drug-likeness (QED) is 0.926. The molecule has 0 spiro atoms. The van der Waals surface area contributed by atoms with Crippen LogP contribution >= 0.6 is 0 Å². The Kier molecular flexibility index (Phi) is 5.44. The van der Waals surface area contributed by atoms with Crippen molar-refractivity contribution in [3.63, 3.8) is 0 Å². The van der Waals surface area contributed by atoms with Gasteiger partial charge < -0.3 is 15.4 Å². The van der Waals surface area contributed by atoms with Crippen LogP contribution in [-0.2, 0) is 4.79 Å².